The molecule has 1 unspecified atom stereocenters. The van der Waals surface area contributed by atoms with Crippen LogP contribution in [0.2, 0.25) is 5.02 Å². The molecule has 1 aromatic rings. The summed E-state index contributed by atoms with van der Waals surface area (Å²) in [7, 11) is 1.70. The molecular weight excluding hydrogens is 254 g/mol. The van der Waals surface area contributed by atoms with Crippen molar-refractivity contribution in [1.29, 1.82) is 0 Å². The number of halogens is 1. The van der Waals surface area contributed by atoms with Gasteiger partial charge in [0, 0.05) is 38.8 Å². The SMILES string of the molecule is COC1(CNCc2cccc(Cl)c2O)CCOC1. The molecule has 0 spiro atoms. The predicted octanol–water partition coefficient (Wildman–Crippen LogP) is 1.94. The molecule has 18 heavy (non-hydrogen) atoms. The van der Waals surface area contributed by atoms with Gasteiger partial charge in [0.05, 0.1) is 11.6 Å². The second-order valence-corrected chi connectivity index (χ2v) is 4.95. The van der Waals surface area contributed by atoms with Gasteiger partial charge in [-0.05, 0) is 6.07 Å². The molecule has 0 aromatic heterocycles. The molecule has 1 aromatic carbocycles. The number of methoxy groups -OCH3 is 1. The van der Waals surface area contributed by atoms with Crippen molar-refractivity contribution in [2.75, 3.05) is 26.9 Å². The fraction of sp³-hybridized carbons (Fsp3) is 0.538. The molecule has 0 bridgehead atoms. The molecule has 1 saturated heterocycles. The molecule has 0 amide bonds. The molecule has 2 rings (SSSR count). The first-order valence-corrected chi connectivity index (χ1v) is 6.35. The Kier molecular flexibility index (Phi) is 4.45. The molecule has 2 N–H and O–H groups in total. The molecule has 1 atom stereocenters. The van der Waals surface area contributed by atoms with Crippen LogP contribution < -0.4 is 5.32 Å². The van der Waals surface area contributed by atoms with Gasteiger partial charge in [-0.25, -0.2) is 0 Å². The van der Waals surface area contributed by atoms with E-state index >= 15 is 0 Å². The van der Waals surface area contributed by atoms with E-state index in [1.54, 1.807) is 13.2 Å². The Balaban J connectivity index is 1.90. The molecule has 1 heterocycles. The van der Waals surface area contributed by atoms with Gasteiger partial charge in [0.25, 0.3) is 0 Å². The lowest BCUT2D eigenvalue weighted by molar-refractivity contribution is -0.0159. The highest BCUT2D eigenvalue weighted by Gasteiger charge is 2.34. The number of benzene rings is 1. The van der Waals surface area contributed by atoms with Crippen molar-refractivity contribution in [2.24, 2.45) is 0 Å². The van der Waals surface area contributed by atoms with E-state index in [-0.39, 0.29) is 11.4 Å². The third kappa shape index (κ3) is 2.95. The topological polar surface area (TPSA) is 50.7 Å². The average Bonchev–Trinajstić information content (AvgIpc) is 2.84. The molecule has 100 valence electrons. The normalized spacial score (nSPS) is 23.4. The van der Waals surface area contributed by atoms with Crippen molar-refractivity contribution in [3.63, 3.8) is 0 Å². The minimum Gasteiger partial charge on any atom is -0.506 e. The average molecular weight is 272 g/mol. The number of hydrogen-bond acceptors (Lipinski definition) is 4. The summed E-state index contributed by atoms with van der Waals surface area (Å²) >= 11 is 5.85. The van der Waals surface area contributed by atoms with E-state index in [0.29, 0.717) is 24.7 Å². The highest BCUT2D eigenvalue weighted by molar-refractivity contribution is 6.32. The lowest BCUT2D eigenvalue weighted by Gasteiger charge is -2.26. The summed E-state index contributed by atoms with van der Waals surface area (Å²) in [5.41, 5.74) is 0.543. The van der Waals surface area contributed by atoms with Crippen LogP contribution in [0.1, 0.15) is 12.0 Å². The fourth-order valence-corrected chi connectivity index (χ4v) is 2.28. The maximum atomic E-state index is 9.78. The summed E-state index contributed by atoms with van der Waals surface area (Å²) in [5, 5.41) is 13.4. The number of aromatic hydroxyl groups is 1. The van der Waals surface area contributed by atoms with Crippen LogP contribution >= 0.6 is 11.6 Å². The van der Waals surface area contributed by atoms with E-state index in [4.69, 9.17) is 21.1 Å². The third-order valence-corrected chi connectivity index (χ3v) is 3.64. The summed E-state index contributed by atoms with van der Waals surface area (Å²) in [4.78, 5) is 0. The Bertz CT molecular complexity index is 405. The van der Waals surface area contributed by atoms with E-state index in [0.717, 1.165) is 18.6 Å². The van der Waals surface area contributed by atoms with Gasteiger partial charge in [-0.1, -0.05) is 23.7 Å². The molecule has 0 aliphatic carbocycles. The zero-order chi connectivity index (χ0) is 13.0. The molecule has 1 aliphatic heterocycles. The van der Waals surface area contributed by atoms with Crippen LogP contribution in [0.4, 0.5) is 0 Å². The van der Waals surface area contributed by atoms with E-state index in [9.17, 15) is 5.11 Å². The summed E-state index contributed by atoms with van der Waals surface area (Å²) in [6.45, 7) is 2.59. The standard InChI is InChI=1S/C13H18ClNO3/c1-17-13(5-6-18-9-13)8-15-7-10-3-2-4-11(14)12(10)16/h2-4,15-16H,5-9H2,1H3. The van der Waals surface area contributed by atoms with Crippen molar-refractivity contribution in [3.8, 4) is 5.75 Å². The van der Waals surface area contributed by atoms with Gasteiger partial charge in [0.15, 0.2) is 0 Å². The Hall–Kier alpha value is -0.810. The van der Waals surface area contributed by atoms with Gasteiger partial charge >= 0.3 is 0 Å². The summed E-state index contributed by atoms with van der Waals surface area (Å²) in [6.07, 6.45) is 0.887. The van der Waals surface area contributed by atoms with Crippen LogP contribution in [0.15, 0.2) is 18.2 Å². The molecule has 0 radical (unpaired) electrons. The van der Waals surface area contributed by atoms with Crippen LogP contribution in [0.25, 0.3) is 0 Å². The van der Waals surface area contributed by atoms with E-state index < -0.39 is 0 Å². The Morgan fingerprint density at radius 2 is 2.39 bits per heavy atom. The number of rotatable bonds is 5. The number of phenols is 1. The van der Waals surface area contributed by atoms with Crippen LogP contribution in [0.3, 0.4) is 0 Å². The second kappa shape index (κ2) is 5.89. The highest BCUT2D eigenvalue weighted by atomic mass is 35.5. The Morgan fingerprint density at radius 3 is 3.06 bits per heavy atom. The van der Waals surface area contributed by atoms with Crippen LogP contribution in [-0.2, 0) is 16.0 Å². The zero-order valence-corrected chi connectivity index (χ0v) is 11.2. The minimum absolute atomic E-state index is 0.140. The largest absolute Gasteiger partial charge is 0.506 e. The fourth-order valence-electron chi connectivity index (χ4n) is 2.09. The molecule has 5 heteroatoms. The Labute approximate surface area is 112 Å². The van der Waals surface area contributed by atoms with Crippen molar-refractivity contribution in [3.05, 3.63) is 28.8 Å². The number of phenolic OH excluding ortho intramolecular Hbond substituents is 1. The first kappa shape index (κ1) is 13.6. The molecule has 0 saturated carbocycles. The van der Waals surface area contributed by atoms with Crippen LogP contribution in [0.5, 0.6) is 5.75 Å². The van der Waals surface area contributed by atoms with Crippen molar-refractivity contribution < 1.29 is 14.6 Å². The Morgan fingerprint density at radius 1 is 1.56 bits per heavy atom. The molecule has 4 nitrogen and oxygen atoms in total. The number of ether oxygens (including phenoxy) is 2. The summed E-state index contributed by atoms with van der Waals surface area (Å²) in [6, 6.07) is 5.34. The lowest BCUT2D eigenvalue weighted by atomic mass is 10.0. The number of nitrogens with one attached hydrogen (secondary N) is 1. The van der Waals surface area contributed by atoms with E-state index in [2.05, 4.69) is 5.32 Å². The van der Waals surface area contributed by atoms with Gasteiger partial charge in [-0.2, -0.15) is 0 Å². The third-order valence-electron chi connectivity index (χ3n) is 3.33. The summed E-state index contributed by atoms with van der Waals surface area (Å²) in [5.74, 6) is 0.140. The summed E-state index contributed by atoms with van der Waals surface area (Å²) < 4.78 is 10.9. The second-order valence-electron chi connectivity index (χ2n) is 4.54. The molecule has 1 aliphatic rings. The van der Waals surface area contributed by atoms with Gasteiger partial charge in [0.1, 0.15) is 11.4 Å². The quantitative estimate of drug-likeness (QED) is 0.859. The maximum absolute atomic E-state index is 9.78. The maximum Gasteiger partial charge on any atom is 0.138 e. The smallest absolute Gasteiger partial charge is 0.138 e. The number of para-hydroxylation sites is 1. The van der Waals surface area contributed by atoms with Crippen molar-refractivity contribution >= 4 is 11.6 Å². The van der Waals surface area contributed by atoms with Gasteiger partial charge < -0.3 is 19.9 Å². The van der Waals surface area contributed by atoms with Gasteiger partial charge in [-0.3, -0.25) is 0 Å². The zero-order valence-electron chi connectivity index (χ0n) is 10.4. The van der Waals surface area contributed by atoms with Gasteiger partial charge in [-0.15, -0.1) is 0 Å². The first-order chi connectivity index (χ1) is 8.67. The van der Waals surface area contributed by atoms with Crippen LogP contribution in [0, 0.1) is 0 Å². The van der Waals surface area contributed by atoms with E-state index in [1.165, 1.54) is 0 Å². The predicted molar refractivity (Wildman–Crippen MR) is 70.0 cm³/mol. The van der Waals surface area contributed by atoms with Crippen molar-refractivity contribution in [1.82, 2.24) is 5.32 Å². The van der Waals surface area contributed by atoms with Gasteiger partial charge in [0.2, 0.25) is 0 Å². The minimum atomic E-state index is -0.242. The highest BCUT2D eigenvalue weighted by Crippen LogP contribution is 2.27. The molecule has 1 fully saturated rings. The van der Waals surface area contributed by atoms with Crippen LogP contribution in [-0.4, -0.2) is 37.6 Å². The first-order valence-electron chi connectivity index (χ1n) is 5.97. The van der Waals surface area contributed by atoms with Crippen molar-refractivity contribution in [2.45, 2.75) is 18.6 Å². The number of hydrogen-bond donors (Lipinski definition) is 2. The lowest BCUT2D eigenvalue weighted by Crippen LogP contribution is -2.42. The molecular formula is C13H18ClNO3. The van der Waals surface area contributed by atoms with E-state index in [1.807, 2.05) is 12.1 Å². The monoisotopic (exact) mass is 271 g/mol.